The molecule has 0 aliphatic carbocycles. The summed E-state index contributed by atoms with van der Waals surface area (Å²) in [6.45, 7) is 0. The fraction of sp³-hybridized carbons (Fsp3) is 0. The van der Waals surface area contributed by atoms with Gasteiger partial charge in [0.15, 0.2) is 0 Å². The third-order valence-corrected chi connectivity index (χ3v) is 3.67. The molecule has 0 heterocycles. The molecule has 110 valence electrons. The Bertz CT molecular complexity index is 763. The summed E-state index contributed by atoms with van der Waals surface area (Å²) >= 11 is 0. The first-order valence-corrected chi connectivity index (χ1v) is 7.21. The first-order chi connectivity index (χ1) is 9.90. The van der Waals surface area contributed by atoms with Crippen LogP contribution in [0, 0.1) is 0 Å². The molecule has 0 saturated carbocycles. The Labute approximate surface area is 121 Å². The lowest BCUT2D eigenvalue weighted by molar-refractivity contribution is -0.130. The Hall–Kier alpha value is -2.35. The summed E-state index contributed by atoms with van der Waals surface area (Å²) in [7, 11) is -4.30. The van der Waals surface area contributed by atoms with E-state index < -0.39 is 10.1 Å². The fourth-order valence-electron chi connectivity index (χ4n) is 1.67. The zero-order valence-electron chi connectivity index (χ0n) is 10.7. The number of hydrogen-bond acceptors (Lipinski definition) is 6. The predicted octanol–water partition coefficient (Wildman–Crippen LogP) is 2.45. The number of hydrogen-bond donors (Lipinski definition) is 3. The van der Waals surface area contributed by atoms with Crippen molar-refractivity contribution in [3.63, 3.8) is 0 Å². The molecule has 0 atom stereocenters. The summed E-state index contributed by atoms with van der Waals surface area (Å²) in [5.74, 6) is -0.142. The van der Waals surface area contributed by atoms with Gasteiger partial charge < -0.3 is 10.2 Å². The second-order valence-corrected chi connectivity index (χ2v) is 5.74. The second-order valence-electron chi connectivity index (χ2n) is 4.21. The second kappa shape index (κ2) is 5.96. The summed E-state index contributed by atoms with van der Waals surface area (Å²) in [5, 5.41) is 27.0. The van der Waals surface area contributed by atoms with Gasteiger partial charge in [-0.2, -0.15) is 8.42 Å². The Kier molecular flexibility index (Phi) is 4.27. The van der Waals surface area contributed by atoms with Crippen LogP contribution in [-0.2, 0) is 14.5 Å². The van der Waals surface area contributed by atoms with E-state index in [1.165, 1.54) is 24.3 Å². The number of aromatic hydroxyl groups is 2. The van der Waals surface area contributed by atoms with Gasteiger partial charge in [0.05, 0.1) is 0 Å². The maximum atomic E-state index is 11.4. The van der Waals surface area contributed by atoms with E-state index in [1.54, 1.807) is 24.3 Å². The van der Waals surface area contributed by atoms with E-state index in [9.17, 15) is 13.5 Å². The molecule has 2 aromatic rings. The number of rotatable bonds is 4. The molecule has 0 spiro atoms. The number of phenols is 2. The van der Waals surface area contributed by atoms with Crippen LogP contribution in [0.5, 0.6) is 11.5 Å². The molecule has 0 aliphatic rings. The highest BCUT2D eigenvalue weighted by Gasteiger charge is 2.16. The van der Waals surface area contributed by atoms with Gasteiger partial charge in [0.2, 0.25) is 0 Å². The van der Waals surface area contributed by atoms with E-state index in [2.05, 4.69) is 4.33 Å². The van der Waals surface area contributed by atoms with Crippen LogP contribution < -0.4 is 0 Å². The van der Waals surface area contributed by atoms with Crippen LogP contribution in [0.4, 0.5) is 0 Å². The minimum atomic E-state index is -4.30. The van der Waals surface area contributed by atoms with E-state index in [0.29, 0.717) is 5.56 Å². The molecule has 6 nitrogen and oxygen atoms in total. The molecular weight excluding hydrogens is 296 g/mol. The maximum Gasteiger partial charge on any atom is 0.323 e. The molecule has 3 N–H and O–H groups in total. The van der Waals surface area contributed by atoms with Crippen LogP contribution in [-0.4, -0.2) is 23.9 Å². The standard InChI is InChI=1S/C14H12O6S/c15-12-5-3-10(4-6-12)1-2-11-7-13(16)9-14(8-11)21(18,19)20-17/h1-9,15-17H/b2-1+. The largest absolute Gasteiger partial charge is 0.508 e. The van der Waals surface area contributed by atoms with Crippen molar-refractivity contribution in [3.8, 4) is 11.5 Å². The van der Waals surface area contributed by atoms with Crippen molar-refractivity contribution in [2.45, 2.75) is 4.90 Å². The van der Waals surface area contributed by atoms with Crippen molar-refractivity contribution in [2.75, 3.05) is 0 Å². The Morgan fingerprint density at radius 3 is 2.10 bits per heavy atom. The zero-order valence-corrected chi connectivity index (χ0v) is 11.5. The van der Waals surface area contributed by atoms with Gasteiger partial charge in [-0.05, 0) is 35.4 Å². The lowest BCUT2D eigenvalue weighted by Crippen LogP contribution is -2.03. The maximum absolute atomic E-state index is 11.4. The average molecular weight is 308 g/mol. The molecular formula is C14H12O6S. The van der Waals surface area contributed by atoms with Crippen molar-refractivity contribution in [1.82, 2.24) is 0 Å². The Morgan fingerprint density at radius 2 is 1.48 bits per heavy atom. The zero-order chi connectivity index (χ0) is 15.5. The summed E-state index contributed by atoms with van der Waals surface area (Å²) in [6, 6.07) is 9.92. The lowest BCUT2D eigenvalue weighted by atomic mass is 10.1. The van der Waals surface area contributed by atoms with E-state index >= 15 is 0 Å². The Morgan fingerprint density at radius 1 is 0.857 bits per heavy atom. The van der Waals surface area contributed by atoms with Crippen molar-refractivity contribution in [1.29, 1.82) is 0 Å². The van der Waals surface area contributed by atoms with Gasteiger partial charge in [-0.25, -0.2) is 5.26 Å². The van der Waals surface area contributed by atoms with E-state index in [4.69, 9.17) is 10.4 Å². The molecule has 0 aliphatic heterocycles. The lowest BCUT2D eigenvalue weighted by Gasteiger charge is -2.03. The molecule has 2 rings (SSSR count). The molecule has 0 aromatic heterocycles. The van der Waals surface area contributed by atoms with Gasteiger partial charge in [-0.15, -0.1) is 4.33 Å². The smallest absolute Gasteiger partial charge is 0.323 e. The highest BCUT2D eigenvalue weighted by Crippen LogP contribution is 2.22. The van der Waals surface area contributed by atoms with Crippen molar-refractivity contribution < 1.29 is 28.2 Å². The molecule has 0 bridgehead atoms. The van der Waals surface area contributed by atoms with Gasteiger partial charge >= 0.3 is 10.1 Å². The average Bonchev–Trinajstić information content (AvgIpc) is 2.46. The topological polar surface area (TPSA) is 104 Å². The van der Waals surface area contributed by atoms with Gasteiger partial charge in [0.1, 0.15) is 16.4 Å². The van der Waals surface area contributed by atoms with Crippen molar-refractivity contribution in [3.05, 3.63) is 53.6 Å². The first kappa shape index (κ1) is 15.0. The van der Waals surface area contributed by atoms with Crippen LogP contribution in [0.1, 0.15) is 11.1 Å². The van der Waals surface area contributed by atoms with Crippen LogP contribution in [0.15, 0.2) is 47.4 Å². The quantitative estimate of drug-likeness (QED) is 0.455. The third-order valence-electron chi connectivity index (χ3n) is 2.66. The third kappa shape index (κ3) is 3.82. The van der Waals surface area contributed by atoms with Gasteiger partial charge in [0, 0.05) is 6.07 Å². The highest BCUT2D eigenvalue weighted by atomic mass is 32.2. The van der Waals surface area contributed by atoms with Crippen molar-refractivity contribution >= 4 is 22.3 Å². The van der Waals surface area contributed by atoms with Gasteiger partial charge in [-0.3, -0.25) is 0 Å². The van der Waals surface area contributed by atoms with E-state index in [0.717, 1.165) is 11.6 Å². The minimum Gasteiger partial charge on any atom is -0.508 e. The molecule has 0 amide bonds. The number of phenolic OH excluding ortho intramolecular Hbond substituents is 2. The molecule has 0 fully saturated rings. The Balaban J connectivity index is 2.34. The summed E-state index contributed by atoms with van der Waals surface area (Å²) in [5.41, 5.74) is 1.18. The number of benzene rings is 2. The summed E-state index contributed by atoms with van der Waals surface area (Å²) in [6.07, 6.45) is 3.24. The van der Waals surface area contributed by atoms with Gasteiger partial charge in [0.25, 0.3) is 0 Å². The molecule has 7 heteroatoms. The molecule has 0 saturated heterocycles. The highest BCUT2D eigenvalue weighted by molar-refractivity contribution is 7.86. The summed E-state index contributed by atoms with van der Waals surface area (Å²) in [4.78, 5) is -0.365. The monoisotopic (exact) mass is 308 g/mol. The normalized spacial score (nSPS) is 11.9. The summed E-state index contributed by atoms with van der Waals surface area (Å²) < 4.78 is 26.2. The van der Waals surface area contributed by atoms with Crippen LogP contribution in [0.3, 0.4) is 0 Å². The van der Waals surface area contributed by atoms with Crippen LogP contribution in [0.2, 0.25) is 0 Å². The van der Waals surface area contributed by atoms with E-state index in [-0.39, 0.29) is 16.4 Å². The fourth-order valence-corrected chi connectivity index (χ4v) is 2.30. The van der Waals surface area contributed by atoms with Crippen LogP contribution >= 0.6 is 0 Å². The SMILES string of the molecule is O=S(=O)(OO)c1cc(O)cc(/C=C/c2ccc(O)cc2)c1. The molecule has 0 unspecified atom stereocenters. The first-order valence-electron chi connectivity index (χ1n) is 5.80. The van der Waals surface area contributed by atoms with Gasteiger partial charge in [-0.1, -0.05) is 24.3 Å². The molecule has 21 heavy (non-hydrogen) atoms. The minimum absolute atomic E-state index is 0.137. The molecule has 2 aromatic carbocycles. The van der Waals surface area contributed by atoms with E-state index in [1.807, 2.05) is 0 Å². The van der Waals surface area contributed by atoms with Crippen LogP contribution in [0.25, 0.3) is 12.2 Å². The molecule has 0 radical (unpaired) electrons. The van der Waals surface area contributed by atoms with Crippen molar-refractivity contribution in [2.24, 2.45) is 0 Å². The predicted molar refractivity (Wildman–Crippen MR) is 76.0 cm³/mol.